The molecule has 1 fully saturated rings. The minimum atomic E-state index is -1.23. The number of hydrogen-bond donors (Lipinski definition) is 0. The highest BCUT2D eigenvalue weighted by atomic mass is 32.2. The lowest BCUT2D eigenvalue weighted by Gasteiger charge is -2.47. The van der Waals surface area contributed by atoms with Crippen LogP contribution in [-0.2, 0) is 23.8 Å². The highest BCUT2D eigenvalue weighted by Crippen LogP contribution is 2.38. The Kier molecular flexibility index (Phi) is 7.39. The molecule has 1 aromatic rings. The summed E-state index contributed by atoms with van der Waals surface area (Å²) >= 11 is 1.28. The molecule has 5 atom stereocenters. The van der Waals surface area contributed by atoms with E-state index >= 15 is 0 Å². The van der Waals surface area contributed by atoms with Gasteiger partial charge in [-0.15, -0.1) is 11.8 Å². The molecule has 0 bridgehead atoms. The van der Waals surface area contributed by atoms with Gasteiger partial charge in [-0.1, -0.05) is 24.2 Å². The Balaban J connectivity index is 2.10. The van der Waals surface area contributed by atoms with Gasteiger partial charge in [-0.25, -0.2) is 0 Å². The molecule has 1 saturated heterocycles. The topological polar surface area (TPSA) is 148 Å². The number of amides is 2. The van der Waals surface area contributed by atoms with Crippen molar-refractivity contribution in [2.45, 2.75) is 50.6 Å². The molecule has 32 heavy (non-hydrogen) atoms. The number of nitrogens with zero attached hydrogens (tertiary/aromatic N) is 4. The molecule has 0 aliphatic carbocycles. The number of rotatable bonds is 7. The molecule has 2 amide bonds. The molecule has 11 nitrogen and oxygen atoms in total. The van der Waals surface area contributed by atoms with Crippen LogP contribution in [0.3, 0.4) is 0 Å². The van der Waals surface area contributed by atoms with Crippen LogP contribution in [0.15, 0.2) is 29.4 Å². The number of hydrogen-bond acceptors (Lipinski definition) is 9. The molecule has 0 aromatic heterocycles. The summed E-state index contributed by atoms with van der Waals surface area (Å²) in [5.74, 6) is -1.96. The molecular formula is C20H22N4O7S. The first-order chi connectivity index (χ1) is 15.3. The normalized spacial score (nSPS) is 26.8. The van der Waals surface area contributed by atoms with Gasteiger partial charge in [0.2, 0.25) is 0 Å². The first-order valence-corrected chi connectivity index (χ1v) is 10.9. The molecule has 3 rings (SSSR count). The maximum absolute atomic E-state index is 13.2. The van der Waals surface area contributed by atoms with Crippen LogP contribution < -0.4 is 0 Å². The van der Waals surface area contributed by atoms with E-state index in [9.17, 15) is 19.2 Å². The van der Waals surface area contributed by atoms with Crippen LogP contribution in [-0.4, -0.2) is 70.7 Å². The fourth-order valence-corrected chi connectivity index (χ4v) is 4.89. The van der Waals surface area contributed by atoms with E-state index in [2.05, 4.69) is 10.0 Å². The van der Waals surface area contributed by atoms with E-state index in [1.807, 2.05) is 6.92 Å². The van der Waals surface area contributed by atoms with Crippen molar-refractivity contribution < 1.29 is 33.4 Å². The summed E-state index contributed by atoms with van der Waals surface area (Å²) in [5.41, 5.74) is 8.37. The van der Waals surface area contributed by atoms with Crippen molar-refractivity contribution in [2.24, 2.45) is 5.11 Å². The lowest BCUT2D eigenvalue weighted by atomic mass is 9.95. The smallest absolute Gasteiger partial charge is 0.303 e. The van der Waals surface area contributed by atoms with Crippen LogP contribution in [0.25, 0.3) is 10.4 Å². The Hall–Kier alpha value is -3.08. The Labute approximate surface area is 188 Å². The van der Waals surface area contributed by atoms with Gasteiger partial charge in [-0.3, -0.25) is 24.1 Å². The molecule has 0 N–H and O–H groups in total. The molecule has 2 aliphatic heterocycles. The zero-order chi connectivity index (χ0) is 23.4. The van der Waals surface area contributed by atoms with Gasteiger partial charge < -0.3 is 14.2 Å². The second-order valence-corrected chi connectivity index (χ2v) is 8.45. The Morgan fingerprint density at radius 3 is 2.19 bits per heavy atom. The summed E-state index contributed by atoms with van der Waals surface area (Å²) in [6, 6.07) is 5.28. The summed E-state index contributed by atoms with van der Waals surface area (Å²) in [6.45, 7) is 3.99. The molecule has 170 valence electrons. The lowest BCUT2D eigenvalue weighted by molar-refractivity contribution is -0.207. The van der Waals surface area contributed by atoms with E-state index in [4.69, 9.17) is 19.7 Å². The van der Waals surface area contributed by atoms with E-state index in [1.54, 1.807) is 12.1 Å². The van der Waals surface area contributed by atoms with Gasteiger partial charge in [0.1, 0.15) is 17.6 Å². The summed E-state index contributed by atoms with van der Waals surface area (Å²) in [4.78, 5) is 53.9. The first kappa shape index (κ1) is 23.6. The third-order valence-electron chi connectivity index (χ3n) is 5.00. The molecule has 1 aromatic carbocycles. The number of carbonyl (C=O) groups is 4. The van der Waals surface area contributed by atoms with E-state index in [0.29, 0.717) is 5.75 Å². The van der Waals surface area contributed by atoms with Gasteiger partial charge in [0.05, 0.1) is 17.7 Å². The summed E-state index contributed by atoms with van der Waals surface area (Å²) in [7, 11) is 0. The predicted octanol–water partition coefficient (Wildman–Crippen LogP) is 2.30. The highest BCUT2D eigenvalue weighted by Gasteiger charge is 2.56. The van der Waals surface area contributed by atoms with Gasteiger partial charge in [-0.2, -0.15) is 0 Å². The average Bonchev–Trinajstić information content (AvgIpc) is 2.99. The third-order valence-corrected chi connectivity index (χ3v) is 6.05. The van der Waals surface area contributed by atoms with E-state index in [-0.39, 0.29) is 17.7 Å². The molecule has 12 heteroatoms. The SMILES string of the molecule is CCSC1OC(CN=[N+]=[N-])[C@@H](OC(C)=O)[C@H](OC(C)=O)[C@@H]1N1C(=O)c2ccccc2C1=O. The van der Waals surface area contributed by atoms with Gasteiger partial charge in [0.25, 0.3) is 11.8 Å². The van der Waals surface area contributed by atoms with Crippen LogP contribution in [0, 0.1) is 0 Å². The van der Waals surface area contributed by atoms with Gasteiger partial charge in [0, 0.05) is 18.8 Å². The Bertz CT molecular complexity index is 945. The summed E-state index contributed by atoms with van der Waals surface area (Å²) in [5, 5.41) is 3.51. The molecule has 0 spiro atoms. The minimum absolute atomic E-state index is 0.207. The number of fused-ring (bicyclic) bond motifs is 1. The zero-order valence-electron chi connectivity index (χ0n) is 17.7. The quantitative estimate of drug-likeness (QED) is 0.197. The number of azide groups is 1. The fourth-order valence-electron chi connectivity index (χ4n) is 3.87. The Morgan fingerprint density at radius 2 is 1.69 bits per heavy atom. The van der Waals surface area contributed by atoms with Crippen molar-refractivity contribution in [2.75, 3.05) is 12.3 Å². The minimum Gasteiger partial charge on any atom is -0.456 e. The Morgan fingerprint density at radius 1 is 1.12 bits per heavy atom. The zero-order valence-corrected chi connectivity index (χ0v) is 18.5. The highest BCUT2D eigenvalue weighted by molar-refractivity contribution is 7.99. The number of imide groups is 1. The summed E-state index contributed by atoms with van der Waals surface area (Å²) < 4.78 is 17.0. The third kappa shape index (κ3) is 4.57. The van der Waals surface area contributed by atoms with Gasteiger partial charge >= 0.3 is 11.9 Å². The second-order valence-electron chi connectivity index (χ2n) is 7.08. The fraction of sp³-hybridized carbons (Fsp3) is 0.500. The largest absolute Gasteiger partial charge is 0.456 e. The molecule has 0 radical (unpaired) electrons. The van der Waals surface area contributed by atoms with Gasteiger partial charge in [0.15, 0.2) is 12.2 Å². The maximum Gasteiger partial charge on any atom is 0.303 e. The van der Waals surface area contributed by atoms with Gasteiger partial charge in [-0.05, 0) is 23.4 Å². The van der Waals surface area contributed by atoms with Crippen LogP contribution in [0.5, 0.6) is 0 Å². The average molecular weight is 462 g/mol. The molecule has 2 unspecified atom stereocenters. The number of esters is 2. The molecule has 2 heterocycles. The standard InChI is InChI=1S/C20H22N4O7S/c1-4-32-20-15(24-18(27)12-7-5-6-8-13(12)19(24)28)17(30-11(3)26)16(29-10(2)25)14(31-20)9-22-23-21/h5-8,14-17,20H,4,9H2,1-3H3/t14?,15-,16+,17+,20?/m0/s1. The molecule has 2 aliphatic rings. The maximum atomic E-state index is 13.2. The van der Waals surface area contributed by atoms with Crippen LogP contribution in [0.2, 0.25) is 0 Å². The van der Waals surface area contributed by atoms with Crippen molar-refractivity contribution >= 4 is 35.5 Å². The summed E-state index contributed by atoms with van der Waals surface area (Å²) in [6.07, 6.45) is -3.38. The first-order valence-electron chi connectivity index (χ1n) is 9.89. The number of thioether (sulfide) groups is 1. The van der Waals surface area contributed by atoms with Crippen molar-refractivity contribution in [1.29, 1.82) is 0 Å². The molecule has 0 saturated carbocycles. The van der Waals surface area contributed by atoms with Crippen molar-refractivity contribution in [3.05, 3.63) is 45.8 Å². The van der Waals surface area contributed by atoms with Crippen LogP contribution in [0.1, 0.15) is 41.5 Å². The second kappa shape index (κ2) is 10.0. The van der Waals surface area contributed by atoms with Crippen molar-refractivity contribution in [3.8, 4) is 0 Å². The van der Waals surface area contributed by atoms with E-state index in [1.165, 1.54) is 37.7 Å². The monoisotopic (exact) mass is 462 g/mol. The number of carbonyl (C=O) groups excluding carboxylic acids is 4. The van der Waals surface area contributed by atoms with E-state index in [0.717, 1.165) is 4.90 Å². The molecular weight excluding hydrogens is 440 g/mol. The lowest BCUT2D eigenvalue weighted by Crippen LogP contribution is -2.66. The van der Waals surface area contributed by atoms with Crippen LogP contribution in [0.4, 0.5) is 0 Å². The number of benzene rings is 1. The number of ether oxygens (including phenoxy) is 3. The van der Waals surface area contributed by atoms with Crippen molar-refractivity contribution in [3.63, 3.8) is 0 Å². The van der Waals surface area contributed by atoms with E-state index < -0.39 is 53.5 Å². The van der Waals surface area contributed by atoms with Crippen LogP contribution >= 0.6 is 11.8 Å². The van der Waals surface area contributed by atoms with Crippen molar-refractivity contribution in [1.82, 2.24) is 4.90 Å². The predicted molar refractivity (Wildman–Crippen MR) is 113 cm³/mol.